The van der Waals surface area contributed by atoms with Crippen molar-refractivity contribution in [2.75, 3.05) is 7.11 Å². The standard InChI is InChI=1S/C15H10N2O4S/c1-21-15-8(5-11(18)13(19)14(15)20)9(6-16)10(7-17)12-3-2-4-22-12/h2-5,18-20H,1H3/b10-9-. The zero-order valence-electron chi connectivity index (χ0n) is 11.4. The Bertz CT molecular complexity index is 827. The van der Waals surface area contributed by atoms with Crippen LogP contribution in [-0.2, 0) is 0 Å². The molecule has 0 radical (unpaired) electrons. The Hall–Kier alpha value is -3.16. The zero-order chi connectivity index (χ0) is 16.3. The molecule has 0 aliphatic carbocycles. The second-order valence-electron chi connectivity index (χ2n) is 4.12. The Balaban J connectivity index is 2.84. The van der Waals surface area contributed by atoms with E-state index in [2.05, 4.69) is 0 Å². The molecule has 0 aliphatic heterocycles. The normalized spacial score (nSPS) is 11.2. The van der Waals surface area contributed by atoms with Crippen LogP contribution in [-0.4, -0.2) is 22.4 Å². The molecule has 0 unspecified atom stereocenters. The number of nitriles is 2. The molecule has 0 fully saturated rings. The lowest BCUT2D eigenvalue weighted by Crippen LogP contribution is -1.94. The van der Waals surface area contributed by atoms with Crippen LogP contribution in [0.25, 0.3) is 11.1 Å². The topological polar surface area (TPSA) is 118 Å². The monoisotopic (exact) mass is 314 g/mol. The molecule has 6 nitrogen and oxygen atoms in total. The van der Waals surface area contributed by atoms with Crippen molar-refractivity contribution in [2.45, 2.75) is 0 Å². The first kappa shape index (κ1) is 15.2. The molecule has 2 aromatic rings. The number of allylic oxidation sites excluding steroid dienone is 2. The van der Waals surface area contributed by atoms with E-state index in [9.17, 15) is 25.8 Å². The summed E-state index contributed by atoms with van der Waals surface area (Å²) < 4.78 is 4.99. The van der Waals surface area contributed by atoms with Gasteiger partial charge in [-0.25, -0.2) is 0 Å². The predicted molar refractivity (Wildman–Crippen MR) is 80.3 cm³/mol. The number of aromatic hydroxyl groups is 3. The van der Waals surface area contributed by atoms with Crippen LogP contribution in [0.1, 0.15) is 10.4 Å². The summed E-state index contributed by atoms with van der Waals surface area (Å²) in [6.07, 6.45) is 0. The van der Waals surface area contributed by atoms with Gasteiger partial charge in [-0.3, -0.25) is 0 Å². The summed E-state index contributed by atoms with van der Waals surface area (Å²) >= 11 is 1.27. The number of rotatable bonds is 3. The van der Waals surface area contributed by atoms with Gasteiger partial charge in [0.2, 0.25) is 11.5 Å². The minimum absolute atomic E-state index is 0.0164. The maximum Gasteiger partial charge on any atom is 0.205 e. The van der Waals surface area contributed by atoms with E-state index in [4.69, 9.17) is 4.74 Å². The van der Waals surface area contributed by atoms with E-state index in [1.54, 1.807) is 17.5 Å². The Morgan fingerprint density at radius 1 is 1.14 bits per heavy atom. The molecular weight excluding hydrogens is 304 g/mol. The number of thiophene rings is 1. The summed E-state index contributed by atoms with van der Waals surface area (Å²) in [5.74, 6) is -2.28. The third kappa shape index (κ3) is 2.41. The average molecular weight is 314 g/mol. The van der Waals surface area contributed by atoms with Crippen LogP contribution >= 0.6 is 11.3 Å². The van der Waals surface area contributed by atoms with Crippen molar-refractivity contribution in [3.8, 4) is 35.1 Å². The van der Waals surface area contributed by atoms with Crippen molar-refractivity contribution in [3.63, 3.8) is 0 Å². The van der Waals surface area contributed by atoms with E-state index in [1.165, 1.54) is 18.4 Å². The van der Waals surface area contributed by atoms with Gasteiger partial charge in [-0.05, 0) is 17.5 Å². The smallest absolute Gasteiger partial charge is 0.205 e. The van der Waals surface area contributed by atoms with Gasteiger partial charge in [0, 0.05) is 10.4 Å². The van der Waals surface area contributed by atoms with Crippen LogP contribution in [0.4, 0.5) is 0 Å². The lowest BCUT2D eigenvalue weighted by Gasteiger charge is -2.12. The van der Waals surface area contributed by atoms with Crippen molar-refractivity contribution in [1.82, 2.24) is 0 Å². The van der Waals surface area contributed by atoms with Gasteiger partial charge in [0.25, 0.3) is 0 Å². The lowest BCUT2D eigenvalue weighted by molar-refractivity contribution is 0.335. The number of nitrogens with zero attached hydrogens (tertiary/aromatic N) is 2. The summed E-state index contributed by atoms with van der Waals surface area (Å²) in [7, 11) is 1.24. The van der Waals surface area contributed by atoms with Gasteiger partial charge < -0.3 is 20.1 Å². The maximum atomic E-state index is 9.84. The predicted octanol–water partition coefficient (Wildman–Crippen LogP) is 2.83. The third-order valence-corrected chi connectivity index (χ3v) is 3.81. The van der Waals surface area contributed by atoms with Crippen molar-refractivity contribution < 1.29 is 20.1 Å². The van der Waals surface area contributed by atoms with Crippen LogP contribution in [0.3, 0.4) is 0 Å². The Morgan fingerprint density at radius 2 is 1.82 bits per heavy atom. The number of methoxy groups -OCH3 is 1. The molecule has 0 bridgehead atoms. The molecule has 0 saturated heterocycles. The minimum Gasteiger partial charge on any atom is -0.504 e. The first-order valence-electron chi connectivity index (χ1n) is 5.95. The second-order valence-corrected chi connectivity index (χ2v) is 5.07. The molecule has 7 heteroatoms. The van der Waals surface area contributed by atoms with E-state index in [1.807, 2.05) is 12.1 Å². The number of ether oxygens (including phenoxy) is 1. The van der Waals surface area contributed by atoms with Gasteiger partial charge in [0.1, 0.15) is 12.1 Å². The van der Waals surface area contributed by atoms with Crippen LogP contribution in [0.15, 0.2) is 23.6 Å². The Morgan fingerprint density at radius 3 is 2.32 bits per heavy atom. The number of phenols is 3. The number of benzene rings is 1. The fourth-order valence-electron chi connectivity index (χ4n) is 1.93. The number of hydrogen-bond acceptors (Lipinski definition) is 7. The van der Waals surface area contributed by atoms with Gasteiger partial charge in [-0.2, -0.15) is 10.5 Å². The fraction of sp³-hybridized carbons (Fsp3) is 0.0667. The molecule has 0 aliphatic rings. The van der Waals surface area contributed by atoms with E-state index in [0.717, 1.165) is 6.07 Å². The van der Waals surface area contributed by atoms with Crippen LogP contribution in [0.2, 0.25) is 0 Å². The van der Waals surface area contributed by atoms with E-state index < -0.39 is 17.2 Å². The highest BCUT2D eigenvalue weighted by Gasteiger charge is 2.23. The van der Waals surface area contributed by atoms with Gasteiger partial charge in [0.15, 0.2) is 11.5 Å². The molecule has 2 rings (SSSR count). The minimum atomic E-state index is -0.757. The molecule has 1 aromatic heterocycles. The molecular formula is C15H10N2O4S. The fourth-order valence-corrected chi connectivity index (χ4v) is 2.65. The first-order chi connectivity index (χ1) is 10.5. The van der Waals surface area contributed by atoms with Crippen molar-refractivity contribution >= 4 is 22.5 Å². The maximum absolute atomic E-state index is 9.84. The lowest BCUT2D eigenvalue weighted by atomic mass is 9.98. The van der Waals surface area contributed by atoms with Crippen molar-refractivity contribution in [3.05, 3.63) is 34.0 Å². The summed E-state index contributed by atoms with van der Waals surface area (Å²) in [6, 6.07) is 8.30. The molecule has 0 amide bonds. The Kier molecular flexibility index (Phi) is 4.21. The zero-order valence-corrected chi connectivity index (χ0v) is 12.2. The Labute approximate surface area is 130 Å². The summed E-state index contributed by atoms with van der Waals surface area (Å²) in [4.78, 5) is 0.563. The highest BCUT2D eigenvalue weighted by Crippen LogP contribution is 2.47. The first-order valence-corrected chi connectivity index (χ1v) is 6.83. The summed E-state index contributed by atoms with van der Waals surface area (Å²) in [5, 5.41) is 49.5. The highest BCUT2D eigenvalue weighted by atomic mass is 32.1. The number of hydrogen-bond donors (Lipinski definition) is 3. The molecule has 1 heterocycles. The molecule has 110 valence electrons. The average Bonchev–Trinajstić information content (AvgIpc) is 3.04. The molecule has 0 spiro atoms. The van der Waals surface area contributed by atoms with E-state index >= 15 is 0 Å². The number of phenolic OH excluding ortho intramolecular Hbond substituents is 3. The van der Waals surface area contributed by atoms with Crippen LogP contribution in [0, 0.1) is 22.7 Å². The quantitative estimate of drug-likeness (QED) is 0.592. The van der Waals surface area contributed by atoms with Gasteiger partial charge in [-0.15, -0.1) is 11.3 Å². The summed E-state index contributed by atoms with van der Waals surface area (Å²) in [5.41, 5.74) is 0.0236. The van der Waals surface area contributed by atoms with E-state index in [0.29, 0.717) is 4.88 Å². The largest absolute Gasteiger partial charge is 0.504 e. The summed E-state index contributed by atoms with van der Waals surface area (Å²) in [6.45, 7) is 0. The van der Waals surface area contributed by atoms with Gasteiger partial charge in [0.05, 0.1) is 18.3 Å². The van der Waals surface area contributed by atoms with Crippen molar-refractivity contribution in [2.24, 2.45) is 0 Å². The molecule has 0 saturated carbocycles. The van der Waals surface area contributed by atoms with Gasteiger partial charge in [-0.1, -0.05) is 6.07 Å². The molecule has 3 N–H and O–H groups in total. The SMILES string of the molecule is COc1c(/C(C#N)=C(/C#N)c2cccs2)cc(O)c(O)c1O. The molecule has 1 aromatic carbocycles. The second kappa shape index (κ2) is 6.08. The van der Waals surface area contributed by atoms with Crippen molar-refractivity contribution in [1.29, 1.82) is 10.5 Å². The third-order valence-electron chi connectivity index (χ3n) is 2.92. The van der Waals surface area contributed by atoms with Gasteiger partial charge >= 0.3 is 0 Å². The van der Waals surface area contributed by atoms with E-state index in [-0.39, 0.29) is 22.5 Å². The van der Waals surface area contributed by atoms with Crippen LogP contribution < -0.4 is 4.74 Å². The molecule has 22 heavy (non-hydrogen) atoms. The molecule has 0 atom stereocenters. The van der Waals surface area contributed by atoms with Crippen LogP contribution in [0.5, 0.6) is 23.0 Å². The highest BCUT2D eigenvalue weighted by molar-refractivity contribution is 7.11.